The fourth-order valence-corrected chi connectivity index (χ4v) is 3.88. The highest BCUT2D eigenvalue weighted by atomic mass is 79.9. The van der Waals surface area contributed by atoms with Gasteiger partial charge < -0.3 is 10.2 Å². The molecule has 0 aromatic heterocycles. The van der Waals surface area contributed by atoms with Gasteiger partial charge in [0.05, 0.1) is 6.04 Å². The number of amides is 1. The highest BCUT2D eigenvalue weighted by Gasteiger charge is 2.38. The van der Waals surface area contributed by atoms with E-state index in [1.165, 1.54) is 5.56 Å². The van der Waals surface area contributed by atoms with Crippen LogP contribution in [-0.4, -0.2) is 11.9 Å². The number of carbonyl (C=O) groups excluding carboxylic acids is 1. The summed E-state index contributed by atoms with van der Waals surface area (Å²) in [5, 5.41) is 3.65. The van der Waals surface area contributed by atoms with E-state index in [4.69, 9.17) is 0 Å². The molecule has 4 heteroatoms. The number of halogens is 1. The molecule has 1 amide bonds. The molecule has 1 unspecified atom stereocenters. The zero-order valence-electron chi connectivity index (χ0n) is 16.8. The van der Waals surface area contributed by atoms with Crippen molar-refractivity contribution in [2.45, 2.75) is 53.1 Å². The van der Waals surface area contributed by atoms with Gasteiger partial charge >= 0.3 is 0 Å². The lowest BCUT2D eigenvalue weighted by atomic mass is 9.80. The maximum atomic E-state index is 13.3. The summed E-state index contributed by atoms with van der Waals surface area (Å²) in [6, 6.07) is 16.9. The average molecular weight is 429 g/mol. The Labute approximate surface area is 171 Å². The number of fused-ring (bicyclic) bond motifs is 1. The molecule has 3 rings (SSSR count). The van der Waals surface area contributed by atoms with Gasteiger partial charge in [-0.3, -0.25) is 4.79 Å². The molecule has 0 aliphatic carbocycles. The maximum absolute atomic E-state index is 13.3. The predicted molar refractivity (Wildman–Crippen MR) is 117 cm³/mol. The summed E-state index contributed by atoms with van der Waals surface area (Å²) in [4.78, 5) is 15.3. The van der Waals surface area contributed by atoms with Crippen molar-refractivity contribution < 1.29 is 4.79 Å². The van der Waals surface area contributed by atoms with Crippen LogP contribution < -0.4 is 10.2 Å². The molecule has 27 heavy (non-hydrogen) atoms. The second kappa shape index (κ2) is 7.67. The van der Waals surface area contributed by atoms with Crippen molar-refractivity contribution >= 4 is 33.2 Å². The first-order chi connectivity index (χ1) is 12.7. The Balaban J connectivity index is 1.93. The Morgan fingerprint density at radius 2 is 1.78 bits per heavy atom. The lowest BCUT2D eigenvalue weighted by Gasteiger charge is -2.42. The topological polar surface area (TPSA) is 32.3 Å². The lowest BCUT2D eigenvalue weighted by Crippen LogP contribution is -2.48. The summed E-state index contributed by atoms with van der Waals surface area (Å²) >= 11 is 3.49. The van der Waals surface area contributed by atoms with E-state index in [1.807, 2.05) is 30.0 Å². The quantitative estimate of drug-likeness (QED) is 0.612. The molecule has 0 fully saturated rings. The van der Waals surface area contributed by atoms with Crippen LogP contribution in [0.4, 0.5) is 11.4 Å². The van der Waals surface area contributed by atoms with Gasteiger partial charge in [-0.2, -0.15) is 0 Å². The van der Waals surface area contributed by atoms with Crippen molar-refractivity contribution in [1.82, 2.24) is 0 Å². The number of benzene rings is 2. The number of nitrogens with zero attached hydrogens (tertiary/aromatic N) is 1. The SMILES string of the molecule is CC(C(=O)N1c2ccccc2[C@H](Nc2ccc(Br)cc2)C[C@@H]1C)C(C)(C)C. The van der Waals surface area contributed by atoms with Gasteiger partial charge in [0.15, 0.2) is 0 Å². The summed E-state index contributed by atoms with van der Waals surface area (Å²) in [6.45, 7) is 10.6. The molecule has 0 spiro atoms. The van der Waals surface area contributed by atoms with Gasteiger partial charge in [0.2, 0.25) is 5.91 Å². The smallest absolute Gasteiger partial charge is 0.230 e. The zero-order valence-corrected chi connectivity index (χ0v) is 18.4. The molecule has 0 saturated heterocycles. The molecular weight excluding hydrogens is 400 g/mol. The van der Waals surface area contributed by atoms with Crippen molar-refractivity contribution in [2.24, 2.45) is 11.3 Å². The van der Waals surface area contributed by atoms with E-state index in [2.05, 4.69) is 79.3 Å². The Bertz CT molecular complexity index is 810. The van der Waals surface area contributed by atoms with Crippen molar-refractivity contribution in [2.75, 3.05) is 10.2 Å². The van der Waals surface area contributed by atoms with Crippen LogP contribution in [-0.2, 0) is 4.79 Å². The Hall–Kier alpha value is -1.81. The molecule has 1 aliphatic rings. The highest BCUT2D eigenvalue weighted by Crippen LogP contribution is 2.41. The normalized spacial score (nSPS) is 20.7. The van der Waals surface area contributed by atoms with Gasteiger partial charge in [0, 0.05) is 27.8 Å². The molecule has 1 N–H and O–H groups in total. The molecule has 0 radical (unpaired) electrons. The molecule has 2 aromatic rings. The minimum atomic E-state index is -0.0573. The second-order valence-electron chi connectivity index (χ2n) is 8.64. The summed E-state index contributed by atoms with van der Waals surface area (Å²) in [7, 11) is 0. The molecule has 1 heterocycles. The van der Waals surface area contributed by atoms with Crippen LogP contribution >= 0.6 is 15.9 Å². The molecule has 0 saturated carbocycles. The Morgan fingerprint density at radius 3 is 2.41 bits per heavy atom. The number of hydrogen-bond acceptors (Lipinski definition) is 2. The van der Waals surface area contributed by atoms with Gasteiger partial charge in [-0.25, -0.2) is 0 Å². The molecule has 144 valence electrons. The van der Waals surface area contributed by atoms with Crippen molar-refractivity contribution in [1.29, 1.82) is 0 Å². The fourth-order valence-electron chi connectivity index (χ4n) is 3.61. The molecule has 2 aromatic carbocycles. The van der Waals surface area contributed by atoms with Gasteiger partial charge in [0.1, 0.15) is 0 Å². The minimum Gasteiger partial charge on any atom is -0.378 e. The molecule has 3 atom stereocenters. The summed E-state index contributed by atoms with van der Waals surface area (Å²) < 4.78 is 1.07. The Morgan fingerprint density at radius 1 is 1.15 bits per heavy atom. The number of nitrogens with one attached hydrogen (secondary N) is 1. The molecular formula is C23H29BrN2O. The molecule has 3 nitrogen and oxygen atoms in total. The van der Waals surface area contributed by atoms with E-state index in [0.29, 0.717) is 0 Å². The standard InChI is InChI=1S/C23H29BrN2O/c1-15-14-20(25-18-12-10-17(24)11-13-18)19-8-6-7-9-21(19)26(15)22(27)16(2)23(3,4)5/h6-13,15-16,20,25H,14H2,1-5H3/t15-,16?,20+/m0/s1. The lowest BCUT2D eigenvalue weighted by molar-refractivity contribution is -0.125. The number of carbonyl (C=O) groups is 1. The fraction of sp³-hybridized carbons (Fsp3) is 0.435. The number of anilines is 2. The monoisotopic (exact) mass is 428 g/mol. The third-order valence-corrected chi connectivity index (χ3v) is 6.21. The maximum Gasteiger partial charge on any atom is 0.230 e. The Kier molecular flexibility index (Phi) is 5.66. The highest BCUT2D eigenvalue weighted by molar-refractivity contribution is 9.10. The summed E-state index contributed by atoms with van der Waals surface area (Å²) in [5.74, 6) is 0.175. The van der Waals surface area contributed by atoms with E-state index >= 15 is 0 Å². The van der Waals surface area contributed by atoms with Crippen LogP contribution in [0.3, 0.4) is 0 Å². The first-order valence-electron chi connectivity index (χ1n) is 9.62. The zero-order chi connectivity index (χ0) is 19.8. The van der Waals surface area contributed by atoms with Gasteiger partial charge in [0.25, 0.3) is 0 Å². The van der Waals surface area contributed by atoms with Gasteiger partial charge in [-0.05, 0) is 54.7 Å². The van der Waals surface area contributed by atoms with E-state index in [0.717, 1.165) is 22.3 Å². The van der Waals surface area contributed by atoms with Crippen LogP contribution in [0.15, 0.2) is 53.0 Å². The second-order valence-corrected chi connectivity index (χ2v) is 9.56. The van der Waals surface area contributed by atoms with Crippen molar-refractivity contribution in [3.05, 3.63) is 58.6 Å². The predicted octanol–water partition coefficient (Wildman–Crippen LogP) is 6.41. The summed E-state index contributed by atoms with van der Waals surface area (Å²) in [5.41, 5.74) is 3.26. The largest absolute Gasteiger partial charge is 0.378 e. The van der Waals surface area contributed by atoms with Gasteiger partial charge in [-0.15, -0.1) is 0 Å². The van der Waals surface area contributed by atoms with Gasteiger partial charge in [-0.1, -0.05) is 61.8 Å². The number of para-hydroxylation sites is 1. The van der Waals surface area contributed by atoms with Crippen molar-refractivity contribution in [3.8, 4) is 0 Å². The molecule has 0 bridgehead atoms. The number of rotatable bonds is 3. The van der Waals surface area contributed by atoms with E-state index in [-0.39, 0.29) is 29.3 Å². The minimum absolute atomic E-state index is 0.0380. The van der Waals surface area contributed by atoms with E-state index in [1.54, 1.807) is 0 Å². The van der Waals surface area contributed by atoms with Crippen LogP contribution in [0, 0.1) is 11.3 Å². The third kappa shape index (κ3) is 4.21. The van der Waals surface area contributed by atoms with E-state index < -0.39 is 0 Å². The van der Waals surface area contributed by atoms with Crippen LogP contribution in [0.5, 0.6) is 0 Å². The number of hydrogen-bond donors (Lipinski definition) is 1. The van der Waals surface area contributed by atoms with Crippen molar-refractivity contribution in [3.63, 3.8) is 0 Å². The summed E-state index contributed by atoms with van der Waals surface area (Å²) in [6.07, 6.45) is 0.885. The van der Waals surface area contributed by atoms with Crippen LogP contribution in [0.2, 0.25) is 0 Å². The van der Waals surface area contributed by atoms with E-state index in [9.17, 15) is 4.79 Å². The molecule has 1 aliphatic heterocycles. The van der Waals surface area contributed by atoms with Crippen LogP contribution in [0.25, 0.3) is 0 Å². The third-order valence-electron chi connectivity index (χ3n) is 5.68. The first-order valence-corrected chi connectivity index (χ1v) is 10.4. The average Bonchev–Trinajstić information content (AvgIpc) is 2.62. The first kappa shape index (κ1) is 19.9. The van der Waals surface area contributed by atoms with Crippen LogP contribution in [0.1, 0.15) is 52.6 Å².